The predicted molar refractivity (Wildman–Crippen MR) is 113 cm³/mol. The van der Waals surface area contributed by atoms with Crippen LogP contribution in [0.1, 0.15) is 11.1 Å². The van der Waals surface area contributed by atoms with Crippen LogP contribution in [0.15, 0.2) is 53.4 Å². The minimum Gasteiger partial charge on any atom is -0.464 e. The van der Waals surface area contributed by atoms with Gasteiger partial charge in [0, 0.05) is 30.1 Å². The van der Waals surface area contributed by atoms with Gasteiger partial charge in [-0.3, -0.25) is 4.79 Å². The van der Waals surface area contributed by atoms with E-state index in [4.69, 9.17) is 10.5 Å². The first-order chi connectivity index (χ1) is 15.9. The molecular formula is C21H17F2N7O3. The van der Waals surface area contributed by atoms with Crippen LogP contribution >= 0.6 is 0 Å². The summed E-state index contributed by atoms with van der Waals surface area (Å²) >= 11 is 0. The van der Waals surface area contributed by atoms with E-state index in [1.54, 1.807) is 25.1 Å². The number of ether oxygens (including phenoxy) is 1. The van der Waals surface area contributed by atoms with E-state index in [9.17, 15) is 18.4 Å². The van der Waals surface area contributed by atoms with Gasteiger partial charge < -0.3 is 15.8 Å². The zero-order chi connectivity index (χ0) is 23.5. The number of aromatic nitrogens is 5. The van der Waals surface area contributed by atoms with Gasteiger partial charge in [0.15, 0.2) is 11.6 Å². The summed E-state index contributed by atoms with van der Waals surface area (Å²) in [5, 5.41) is 6.48. The molecule has 4 rings (SSSR count). The van der Waals surface area contributed by atoms with Crippen LogP contribution in [0.2, 0.25) is 0 Å². The minimum atomic E-state index is -1.94. The number of carbonyl (C=O) groups is 1. The van der Waals surface area contributed by atoms with E-state index in [0.29, 0.717) is 22.7 Å². The molecule has 1 amide bonds. The first-order valence-corrected chi connectivity index (χ1v) is 9.66. The fourth-order valence-corrected chi connectivity index (χ4v) is 3.05. The SMILES string of the molecule is Cc1cc(C#CC2Oc3cccnc3NC2=O)cnc1-n1cnn(CC(CN)=C(F)F)c1=O. The molecule has 0 radical (unpaired) electrons. The number of fused-ring (bicyclic) bond motifs is 1. The molecule has 0 bridgehead atoms. The summed E-state index contributed by atoms with van der Waals surface area (Å²) in [6.07, 6.45) is 1.18. The van der Waals surface area contributed by atoms with Gasteiger partial charge in [0.2, 0.25) is 6.10 Å². The van der Waals surface area contributed by atoms with Crippen LogP contribution in [0.3, 0.4) is 0 Å². The van der Waals surface area contributed by atoms with Crippen molar-refractivity contribution in [1.82, 2.24) is 24.3 Å². The van der Waals surface area contributed by atoms with Crippen LogP contribution in [0.5, 0.6) is 5.75 Å². The maximum absolute atomic E-state index is 12.8. The highest BCUT2D eigenvalue weighted by Crippen LogP contribution is 2.26. The Bertz CT molecular complexity index is 1380. The van der Waals surface area contributed by atoms with Crippen molar-refractivity contribution in [2.75, 3.05) is 11.9 Å². The maximum atomic E-state index is 12.8. The molecule has 0 saturated heterocycles. The van der Waals surface area contributed by atoms with Crippen molar-refractivity contribution in [3.8, 4) is 23.4 Å². The topological polar surface area (TPSA) is 130 Å². The molecule has 3 aromatic heterocycles. The molecule has 0 spiro atoms. The fourth-order valence-electron chi connectivity index (χ4n) is 3.05. The largest absolute Gasteiger partial charge is 0.464 e. The number of anilines is 1. The maximum Gasteiger partial charge on any atom is 0.351 e. The van der Waals surface area contributed by atoms with E-state index < -0.39 is 36.9 Å². The number of pyridine rings is 2. The number of nitrogens with two attached hydrogens (primary N) is 1. The predicted octanol–water partition coefficient (Wildman–Crippen LogP) is 0.993. The highest BCUT2D eigenvalue weighted by Gasteiger charge is 2.26. The fraction of sp³-hybridized carbons (Fsp3) is 0.190. The van der Waals surface area contributed by atoms with Crippen molar-refractivity contribution < 1.29 is 18.3 Å². The number of rotatable bonds is 4. The van der Waals surface area contributed by atoms with Crippen LogP contribution in [0.25, 0.3) is 5.82 Å². The molecule has 1 atom stereocenters. The molecule has 3 N–H and O–H groups in total. The molecule has 0 aliphatic carbocycles. The summed E-state index contributed by atoms with van der Waals surface area (Å²) in [5.41, 5.74) is 5.33. The van der Waals surface area contributed by atoms with Crippen LogP contribution in [0, 0.1) is 18.8 Å². The summed E-state index contributed by atoms with van der Waals surface area (Å²) < 4.78 is 33.3. The van der Waals surface area contributed by atoms with Crippen LogP contribution in [0.4, 0.5) is 14.6 Å². The van der Waals surface area contributed by atoms with Gasteiger partial charge in [-0.1, -0.05) is 5.92 Å². The molecule has 10 nitrogen and oxygen atoms in total. The number of amides is 1. The summed E-state index contributed by atoms with van der Waals surface area (Å²) in [6.45, 7) is 0.891. The van der Waals surface area contributed by atoms with E-state index in [0.717, 1.165) is 9.25 Å². The molecule has 3 aromatic rings. The third-order valence-corrected chi connectivity index (χ3v) is 4.71. The summed E-state index contributed by atoms with van der Waals surface area (Å²) in [5.74, 6) is 6.15. The summed E-state index contributed by atoms with van der Waals surface area (Å²) in [7, 11) is 0. The highest BCUT2D eigenvalue weighted by atomic mass is 19.3. The van der Waals surface area contributed by atoms with Crippen molar-refractivity contribution in [2.45, 2.75) is 19.6 Å². The van der Waals surface area contributed by atoms with Gasteiger partial charge in [0.1, 0.15) is 12.1 Å². The van der Waals surface area contributed by atoms with Crippen LogP contribution in [-0.2, 0) is 11.3 Å². The monoisotopic (exact) mass is 453 g/mol. The first kappa shape index (κ1) is 21.8. The first-order valence-electron chi connectivity index (χ1n) is 9.66. The quantitative estimate of drug-likeness (QED) is 0.564. The number of carbonyl (C=O) groups excluding carboxylic acids is 1. The summed E-state index contributed by atoms with van der Waals surface area (Å²) in [4.78, 5) is 33.0. The number of nitrogens with zero attached hydrogens (tertiary/aromatic N) is 5. The number of halogens is 2. The molecule has 12 heteroatoms. The third-order valence-electron chi connectivity index (χ3n) is 4.71. The molecule has 33 heavy (non-hydrogen) atoms. The molecule has 168 valence electrons. The lowest BCUT2D eigenvalue weighted by atomic mass is 10.2. The number of hydrogen-bond donors (Lipinski definition) is 2. The molecule has 0 saturated carbocycles. The van der Waals surface area contributed by atoms with Gasteiger partial charge in [-0.25, -0.2) is 24.0 Å². The zero-order valence-corrected chi connectivity index (χ0v) is 17.2. The van der Waals surface area contributed by atoms with Gasteiger partial charge in [-0.15, -0.1) is 0 Å². The van der Waals surface area contributed by atoms with Crippen LogP contribution in [-0.4, -0.2) is 42.9 Å². The van der Waals surface area contributed by atoms with Gasteiger partial charge in [-0.2, -0.15) is 13.9 Å². The molecule has 1 aliphatic rings. The highest BCUT2D eigenvalue weighted by molar-refractivity contribution is 5.98. The Kier molecular flexibility index (Phi) is 5.97. The van der Waals surface area contributed by atoms with Crippen LogP contribution < -0.4 is 21.5 Å². The molecule has 0 fully saturated rings. The second kappa shape index (κ2) is 9.01. The Hall–Kier alpha value is -4.37. The van der Waals surface area contributed by atoms with Gasteiger partial charge >= 0.3 is 5.69 Å². The van der Waals surface area contributed by atoms with E-state index in [2.05, 4.69) is 32.2 Å². The zero-order valence-electron chi connectivity index (χ0n) is 17.2. The average Bonchev–Trinajstić information content (AvgIpc) is 3.15. The molecule has 4 heterocycles. The lowest BCUT2D eigenvalue weighted by molar-refractivity contribution is -0.121. The number of hydrogen-bond acceptors (Lipinski definition) is 7. The standard InChI is InChI=1S/C21H17F2N7O3/c1-12-7-13(4-5-16-20(31)28-18-15(33-16)3-2-6-25-18)9-26-19(12)29-11-27-30(21(29)32)10-14(8-24)17(22)23/h2-3,6-7,9,11,16H,8,10,24H2,1H3,(H,25,28,31). The minimum absolute atomic E-state index is 0.266. The lowest BCUT2D eigenvalue weighted by Crippen LogP contribution is -2.36. The van der Waals surface area contributed by atoms with E-state index in [1.165, 1.54) is 18.7 Å². The van der Waals surface area contributed by atoms with E-state index >= 15 is 0 Å². The summed E-state index contributed by atoms with van der Waals surface area (Å²) in [6, 6.07) is 5.02. The van der Waals surface area contributed by atoms with Crippen molar-refractivity contribution in [2.24, 2.45) is 5.73 Å². The molecule has 1 unspecified atom stereocenters. The molecule has 1 aliphatic heterocycles. The number of aryl methyl sites for hydroxylation is 1. The van der Waals surface area contributed by atoms with Gasteiger partial charge in [-0.05, 0) is 36.6 Å². The average molecular weight is 453 g/mol. The normalized spacial score (nSPS) is 14.4. The third kappa shape index (κ3) is 4.48. The Balaban J connectivity index is 1.55. The second-order valence-corrected chi connectivity index (χ2v) is 6.98. The molecular weight excluding hydrogens is 436 g/mol. The lowest BCUT2D eigenvalue weighted by Gasteiger charge is -2.21. The Labute approximate surface area is 185 Å². The van der Waals surface area contributed by atoms with Crippen molar-refractivity contribution in [3.63, 3.8) is 0 Å². The molecule has 0 aromatic carbocycles. The Morgan fingerprint density at radius 1 is 1.33 bits per heavy atom. The van der Waals surface area contributed by atoms with Gasteiger partial charge in [0.05, 0.1) is 6.54 Å². The Morgan fingerprint density at radius 3 is 2.88 bits per heavy atom. The second-order valence-electron chi connectivity index (χ2n) is 6.98. The number of nitrogens with one attached hydrogen (secondary N) is 1. The van der Waals surface area contributed by atoms with Crippen molar-refractivity contribution >= 4 is 11.7 Å². The van der Waals surface area contributed by atoms with E-state index in [1.807, 2.05) is 0 Å². The van der Waals surface area contributed by atoms with Crippen molar-refractivity contribution in [3.05, 3.63) is 70.2 Å². The Morgan fingerprint density at radius 2 is 2.15 bits per heavy atom. The smallest absolute Gasteiger partial charge is 0.351 e. The van der Waals surface area contributed by atoms with Gasteiger partial charge in [0.25, 0.3) is 12.0 Å². The van der Waals surface area contributed by atoms with E-state index in [-0.39, 0.29) is 11.4 Å². The van der Waals surface area contributed by atoms with Crippen molar-refractivity contribution in [1.29, 1.82) is 0 Å².